The highest BCUT2D eigenvalue weighted by Crippen LogP contribution is 2.30. The second kappa shape index (κ2) is 6.68. The number of β-amino-alcohol motifs (C(OH)–C–C–N with tert-alkyl or cyclic N) is 1. The molecule has 1 aliphatic rings. The van der Waals surface area contributed by atoms with Gasteiger partial charge in [0.15, 0.2) is 0 Å². The van der Waals surface area contributed by atoms with E-state index in [1.54, 1.807) is 18.2 Å². The molecule has 0 saturated heterocycles. The fraction of sp³-hybridized carbons (Fsp3) is 0.150. The minimum atomic E-state index is -3.93. The van der Waals surface area contributed by atoms with Gasteiger partial charge in [-0.05, 0) is 35.0 Å². The van der Waals surface area contributed by atoms with Gasteiger partial charge in [-0.3, -0.25) is 4.79 Å². The van der Waals surface area contributed by atoms with Crippen molar-refractivity contribution in [2.75, 3.05) is 13.2 Å². The summed E-state index contributed by atoms with van der Waals surface area (Å²) < 4.78 is 31.3. The van der Waals surface area contributed by atoms with Gasteiger partial charge in [-0.1, -0.05) is 42.5 Å². The number of carbonyl (C=O) groups is 1. The van der Waals surface area contributed by atoms with E-state index in [2.05, 4.69) is 0 Å². The summed E-state index contributed by atoms with van der Waals surface area (Å²) in [5.41, 5.74) is 0.125. The van der Waals surface area contributed by atoms with E-state index in [1.807, 2.05) is 36.4 Å². The van der Waals surface area contributed by atoms with Gasteiger partial charge in [0.25, 0.3) is 15.9 Å². The Morgan fingerprint density at radius 1 is 0.963 bits per heavy atom. The molecule has 1 atom stereocenters. The highest BCUT2D eigenvalue weighted by atomic mass is 32.2. The summed E-state index contributed by atoms with van der Waals surface area (Å²) in [6.07, 6.45) is -1.15. The first-order valence-corrected chi connectivity index (χ1v) is 9.86. The normalized spacial score (nSPS) is 16.3. The van der Waals surface area contributed by atoms with Crippen LogP contribution in [0.3, 0.4) is 0 Å². The van der Waals surface area contributed by atoms with Gasteiger partial charge in [0.2, 0.25) is 0 Å². The summed E-state index contributed by atoms with van der Waals surface area (Å²) in [5.74, 6) is -0.0676. The number of aliphatic hydroxyl groups excluding tert-OH is 1. The van der Waals surface area contributed by atoms with E-state index in [1.165, 1.54) is 12.1 Å². The molecule has 27 heavy (non-hydrogen) atoms. The Balaban J connectivity index is 1.45. The van der Waals surface area contributed by atoms with Gasteiger partial charge >= 0.3 is 0 Å². The highest BCUT2D eigenvalue weighted by Gasteiger charge is 2.41. The molecule has 1 N–H and O–H groups in total. The smallest absolute Gasteiger partial charge is 0.269 e. The number of aliphatic hydroxyl groups is 1. The average Bonchev–Trinajstić information content (AvgIpc) is 2.87. The largest absolute Gasteiger partial charge is 0.491 e. The first kappa shape index (κ1) is 17.5. The number of carbonyl (C=O) groups excluding carboxylic acids is 1. The van der Waals surface area contributed by atoms with Crippen molar-refractivity contribution in [1.82, 2.24) is 4.31 Å². The second-order valence-electron chi connectivity index (χ2n) is 6.31. The lowest BCUT2D eigenvalue weighted by Gasteiger charge is -2.19. The van der Waals surface area contributed by atoms with Crippen molar-refractivity contribution in [2.24, 2.45) is 0 Å². The zero-order valence-corrected chi connectivity index (χ0v) is 15.1. The Hall–Kier alpha value is -2.90. The fourth-order valence-corrected chi connectivity index (χ4v) is 4.71. The molecule has 3 aromatic rings. The molecule has 0 aromatic heterocycles. The molecule has 4 rings (SSSR count). The molecule has 1 amide bonds. The number of fused-ring (bicyclic) bond motifs is 2. The van der Waals surface area contributed by atoms with E-state index in [0.29, 0.717) is 10.1 Å². The maximum Gasteiger partial charge on any atom is 0.269 e. The standard InChI is InChI=1S/C20H17NO5S/c22-16(13-26-17-10-9-14-5-1-2-6-15(14)11-17)12-21-20(23)18-7-3-4-8-19(18)27(21,24)25/h1-11,16,22H,12-13H2/t16-/m1/s1. The minimum Gasteiger partial charge on any atom is -0.491 e. The maximum atomic E-state index is 12.5. The molecule has 6 nitrogen and oxygen atoms in total. The molecule has 7 heteroatoms. The maximum absolute atomic E-state index is 12.5. The van der Waals surface area contributed by atoms with Gasteiger partial charge in [0, 0.05) is 0 Å². The number of ether oxygens (including phenoxy) is 1. The Kier molecular flexibility index (Phi) is 4.33. The molecule has 3 aromatic carbocycles. The second-order valence-corrected chi connectivity index (χ2v) is 8.14. The molecule has 1 heterocycles. The predicted octanol–water partition coefficient (Wildman–Crippen LogP) is 2.42. The van der Waals surface area contributed by atoms with Gasteiger partial charge in [-0.15, -0.1) is 0 Å². The number of hydrogen-bond acceptors (Lipinski definition) is 5. The van der Waals surface area contributed by atoms with Crippen molar-refractivity contribution < 1.29 is 23.1 Å². The van der Waals surface area contributed by atoms with E-state index in [4.69, 9.17) is 4.74 Å². The quantitative estimate of drug-likeness (QED) is 0.732. The van der Waals surface area contributed by atoms with E-state index < -0.39 is 22.0 Å². The molecule has 0 spiro atoms. The Labute approximate surface area is 156 Å². The Morgan fingerprint density at radius 3 is 2.44 bits per heavy atom. The van der Waals surface area contributed by atoms with Crippen LogP contribution < -0.4 is 4.74 Å². The van der Waals surface area contributed by atoms with E-state index in [-0.39, 0.29) is 23.6 Å². The molecule has 0 bridgehead atoms. The van der Waals surface area contributed by atoms with Crippen LogP contribution in [0.4, 0.5) is 0 Å². The minimum absolute atomic E-state index is 0.0300. The zero-order valence-electron chi connectivity index (χ0n) is 14.3. The summed E-state index contributed by atoms with van der Waals surface area (Å²) in [4.78, 5) is 12.3. The molecule has 0 aliphatic carbocycles. The monoisotopic (exact) mass is 383 g/mol. The third kappa shape index (κ3) is 3.15. The summed E-state index contributed by atoms with van der Waals surface area (Å²) in [6.45, 7) is -0.489. The molecule has 0 saturated carbocycles. The summed E-state index contributed by atoms with van der Waals surface area (Å²) >= 11 is 0. The highest BCUT2D eigenvalue weighted by molar-refractivity contribution is 7.90. The SMILES string of the molecule is O=C1c2ccccc2S(=O)(=O)N1C[C@@H](O)COc1ccc2ccccc2c1. The van der Waals surface area contributed by atoms with Crippen LogP contribution >= 0.6 is 0 Å². The molecule has 138 valence electrons. The lowest BCUT2D eigenvalue weighted by Crippen LogP contribution is -2.39. The van der Waals surface area contributed by atoms with Gasteiger partial charge in [-0.2, -0.15) is 0 Å². The summed E-state index contributed by atoms with van der Waals surface area (Å²) in [7, 11) is -3.93. The van der Waals surface area contributed by atoms with Gasteiger partial charge in [-0.25, -0.2) is 12.7 Å². The van der Waals surface area contributed by atoms with E-state index >= 15 is 0 Å². The molecule has 0 unspecified atom stereocenters. The molecular weight excluding hydrogens is 366 g/mol. The van der Waals surface area contributed by atoms with Gasteiger partial charge in [0.05, 0.1) is 12.1 Å². The van der Waals surface area contributed by atoms with Crippen LogP contribution in [-0.4, -0.2) is 43.0 Å². The van der Waals surface area contributed by atoms with Crippen LogP contribution in [0.15, 0.2) is 71.6 Å². The summed E-state index contributed by atoms with van der Waals surface area (Å²) in [5, 5.41) is 12.3. The van der Waals surface area contributed by atoms with Crippen molar-refractivity contribution in [3.05, 3.63) is 72.3 Å². The van der Waals surface area contributed by atoms with Crippen molar-refractivity contribution in [3.8, 4) is 5.75 Å². The van der Waals surface area contributed by atoms with Crippen molar-refractivity contribution in [2.45, 2.75) is 11.0 Å². The van der Waals surface area contributed by atoms with Crippen molar-refractivity contribution in [3.63, 3.8) is 0 Å². The van der Waals surface area contributed by atoms with E-state index in [0.717, 1.165) is 10.8 Å². The fourth-order valence-electron chi connectivity index (χ4n) is 3.11. The van der Waals surface area contributed by atoms with E-state index in [9.17, 15) is 18.3 Å². The first-order chi connectivity index (χ1) is 13.0. The first-order valence-electron chi connectivity index (χ1n) is 8.42. The predicted molar refractivity (Wildman–Crippen MR) is 100 cm³/mol. The third-order valence-electron chi connectivity index (χ3n) is 4.45. The molecule has 0 fully saturated rings. The number of rotatable bonds is 5. The number of sulfonamides is 1. The van der Waals surface area contributed by atoms with Crippen LogP contribution in [0.1, 0.15) is 10.4 Å². The number of amides is 1. The molecule has 0 radical (unpaired) electrons. The Bertz CT molecular complexity index is 1130. The topological polar surface area (TPSA) is 83.9 Å². The lowest BCUT2D eigenvalue weighted by atomic mass is 10.1. The molecule has 1 aliphatic heterocycles. The Morgan fingerprint density at radius 2 is 1.67 bits per heavy atom. The van der Waals surface area contributed by atoms with Gasteiger partial charge < -0.3 is 9.84 Å². The number of nitrogens with zero attached hydrogens (tertiary/aromatic N) is 1. The van der Waals surface area contributed by atoms with Crippen molar-refractivity contribution >= 4 is 26.7 Å². The zero-order chi connectivity index (χ0) is 19.0. The van der Waals surface area contributed by atoms with Crippen molar-refractivity contribution in [1.29, 1.82) is 0 Å². The van der Waals surface area contributed by atoms with Crippen LogP contribution in [0, 0.1) is 0 Å². The van der Waals surface area contributed by atoms with Crippen LogP contribution in [0.2, 0.25) is 0 Å². The van der Waals surface area contributed by atoms with Gasteiger partial charge in [0.1, 0.15) is 23.4 Å². The number of hydrogen-bond donors (Lipinski definition) is 1. The molecular formula is C20H17NO5S. The van der Waals surface area contributed by atoms with Crippen LogP contribution in [0.25, 0.3) is 10.8 Å². The average molecular weight is 383 g/mol. The third-order valence-corrected chi connectivity index (χ3v) is 6.26. The number of benzene rings is 3. The summed E-state index contributed by atoms with van der Waals surface area (Å²) in [6, 6.07) is 19.3. The van der Waals surface area contributed by atoms with Crippen LogP contribution in [0.5, 0.6) is 5.75 Å². The van der Waals surface area contributed by atoms with Crippen LogP contribution in [-0.2, 0) is 10.0 Å². The lowest BCUT2D eigenvalue weighted by molar-refractivity contribution is 0.0687.